The minimum atomic E-state index is -1.16. The quantitative estimate of drug-likeness (QED) is 0.881. The van der Waals surface area contributed by atoms with Crippen LogP contribution in [-0.2, 0) is 16.8 Å². The standard InChI is InChI=1S/C17H16FN3O2/c1-17(13-2-4-14(18)5-3-13)15(22)21(16(23)20-17)11-8-12-6-9-19-10-7-12/h2-7,9-10H,8,11H2,1H3,(H,20,23). The highest BCUT2D eigenvalue weighted by Gasteiger charge is 2.48. The van der Waals surface area contributed by atoms with Crippen LogP contribution in [0.1, 0.15) is 18.1 Å². The minimum absolute atomic E-state index is 0.283. The van der Waals surface area contributed by atoms with E-state index in [-0.39, 0.29) is 18.3 Å². The van der Waals surface area contributed by atoms with Crippen LogP contribution >= 0.6 is 0 Å². The van der Waals surface area contributed by atoms with Crippen molar-refractivity contribution in [1.29, 1.82) is 0 Å². The van der Waals surface area contributed by atoms with E-state index >= 15 is 0 Å². The van der Waals surface area contributed by atoms with Gasteiger partial charge in [-0.05, 0) is 48.7 Å². The molecule has 3 amide bonds. The van der Waals surface area contributed by atoms with Crippen molar-refractivity contribution in [2.75, 3.05) is 6.54 Å². The van der Waals surface area contributed by atoms with Crippen molar-refractivity contribution in [3.8, 4) is 0 Å². The molecule has 6 heteroatoms. The molecule has 1 aromatic heterocycles. The first-order valence-corrected chi connectivity index (χ1v) is 7.30. The highest BCUT2D eigenvalue weighted by Crippen LogP contribution is 2.29. The average molecular weight is 313 g/mol. The maximum absolute atomic E-state index is 13.1. The van der Waals surface area contributed by atoms with Crippen LogP contribution in [0.4, 0.5) is 9.18 Å². The fourth-order valence-electron chi connectivity index (χ4n) is 2.67. The molecule has 0 bridgehead atoms. The Bertz CT molecular complexity index is 733. The van der Waals surface area contributed by atoms with Crippen LogP contribution in [0.2, 0.25) is 0 Å². The van der Waals surface area contributed by atoms with Gasteiger partial charge in [-0.1, -0.05) is 12.1 Å². The number of carbonyl (C=O) groups excluding carboxylic acids is 2. The highest BCUT2D eigenvalue weighted by atomic mass is 19.1. The largest absolute Gasteiger partial charge is 0.325 e. The number of hydrogen-bond acceptors (Lipinski definition) is 3. The molecule has 1 aliphatic rings. The molecule has 1 unspecified atom stereocenters. The lowest BCUT2D eigenvalue weighted by Gasteiger charge is -2.22. The number of pyridine rings is 1. The third-order valence-electron chi connectivity index (χ3n) is 4.07. The second kappa shape index (κ2) is 5.79. The van der Waals surface area contributed by atoms with Crippen molar-refractivity contribution in [3.05, 3.63) is 65.7 Å². The van der Waals surface area contributed by atoms with E-state index in [1.54, 1.807) is 19.3 Å². The predicted molar refractivity (Wildman–Crippen MR) is 81.9 cm³/mol. The zero-order valence-corrected chi connectivity index (χ0v) is 12.6. The van der Waals surface area contributed by atoms with Gasteiger partial charge >= 0.3 is 6.03 Å². The van der Waals surface area contributed by atoms with Gasteiger partial charge in [-0.15, -0.1) is 0 Å². The van der Waals surface area contributed by atoms with Gasteiger partial charge in [0.2, 0.25) is 0 Å². The first kappa shape index (κ1) is 15.1. The number of rotatable bonds is 4. The second-order valence-corrected chi connectivity index (χ2v) is 5.62. The first-order valence-electron chi connectivity index (χ1n) is 7.30. The van der Waals surface area contributed by atoms with Gasteiger partial charge in [0, 0.05) is 18.9 Å². The summed E-state index contributed by atoms with van der Waals surface area (Å²) in [6.07, 6.45) is 3.90. The summed E-state index contributed by atoms with van der Waals surface area (Å²) in [7, 11) is 0. The lowest BCUT2D eigenvalue weighted by molar-refractivity contribution is -0.131. The molecule has 23 heavy (non-hydrogen) atoms. The van der Waals surface area contributed by atoms with E-state index in [0.29, 0.717) is 12.0 Å². The van der Waals surface area contributed by atoms with Gasteiger partial charge < -0.3 is 5.32 Å². The molecule has 1 saturated heterocycles. The number of nitrogens with zero attached hydrogens (tertiary/aromatic N) is 2. The van der Waals surface area contributed by atoms with E-state index < -0.39 is 11.6 Å². The topological polar surface area (TPSA) is 62.3 Å². The molecule has 1 aromatic carbocycles. The van der Waals surface area contributed by atoms with Crippen LogP contribution in [0.5, 0.6) is 0 Å². The number of amides is 3. The van der Waals surface area contributed by atoms with Crippen LogP contribution < -0.4 is 5.32 Å². The molecule has 0 spiro atoms. The zero-order chi connectivity index (χ0) is 16.4. The van der Waals surface area contributed by atoms with Gasteiger partial charge in [-0.3, -0.25) is 14.7 Å². The Morgan fingerprint density at radius 2 is 1.78 bits per heavy atom. The van der Waals surface area contributed by atoms with Gasteiger partial charge in [0.1, 0.15) is 11.4 Å². The Kier molecular flexibility index (Phi) is 3.82. The van der Waals surface area contributed by atoms with E-state index in [4.69, 9.17) is 0 Å². The van der Waals surface area contributed by atoms with Crippen molar-refractivity contribution in [3.63, 3.8) is 0 Å². The summed E-state index contributed by atoms with van der Waals surface area (Å²) in [6.45, 7) is 1.92. The Morgan fingerprint density at radius 3 is 2.43 bits per heavy atom. The fraction of sp³-hybridized carbons (Fsp3) is 0.235. The fourth-order valence-corrected chi connectivity index (χ4v) is 2.67. The van der Waals surface area contributed by atoms with Crippen LogP contribution in [0.15, 0.2) is 48.8 Å². The van der Waals surface area contributed by atoms with Crippen molar-refractivity contribution in [1.82, 2.24) is 15.2 Å². The average Bonchev–Trinajstić information content (AvgIpc) is 2.77. The number of halogens is 1. The second-order valence-electron chi connectivity index (χ2n) is 5.62. The first-order chi connectivity index (χ1) is 11.0. The van der Waals surface area contributed by atoms with E-state index in [1.807, 2.05) is 12.1 Å². The molecule has 1 aliphatic heterocycles. The predicted octanol–water partition coefficient (Wildman–Crippen LogP) is 2.23. The van der Waals surface area contributed by atoms with Crippen molar-refractivity contribution in [2.24, 2.45) is 0 Å². The highest BCUT2D eigenvalue weighted by molar-refractivity contribution is 6.07. The summed E-state index contributed by atoms with van der Waals surface area (Å²) in [5.74, 6) is -0.716. The normalized spacial score (nSPS) is 20.7. The van der Waals surface area contributed by atoms with E-state index in [2.05, 4.69) is 10.3 Å². The number of imide groups is 1. The molecule has 5 nitrogen and oxygen atoms in total. The lowest BCUT2D eigenvalue weighted by atomic mass is 9.92. The third kappa shape index (κ3) is 2.79. The Morgan fingerprint density at radius 1 is 1.13 bits per heavy atom. The van der Waals surface area contributed by atoms with Gasteiger partial charge in [0.25, 0.3) is 5.91 Å². The summed E-state index contributed by atoms with van der Waals surface area (Å²) in [5, 5.41) is 2.70. The van der Waals surface area contributed by atoms with E-state index in [0.717, 1.165) is 5.56 Å². The van der Waals surface area contributed by atoms with Gasteiger partial charge in [0.15, 0.2) is 0 Å². The van der Waals surface area contributed by atoms with Crippen LogP contribution in [-0.4, -0.2) is 28.4 Å². The summed E-state index contributed by atoms with van der Waals surface area (Å²) in [6, 6.07) is 8.84. The molecule has 1 N–H and O–H groups in total. The molecule has 2 aromatic rings. The smallest absolute Gasteiger partial charge is 0.319 e. The van der Waals surface area contributed by atoms with Crippen molar-refractivity contribution < 1.29 is 14.0 Å². The number of aromatic nitrogens is 1. The molecule has 2 heterocycles. The minimum Gasteiger partial charge on any atom is -0.319 e. The number of carbonyl (C=O) groups is 2. The molecular weight excluding hydrogens is 297 g/mol. The zero-order valence-electron chi connectivity index (χ0n) is 12.6. The van der Waals surface area contributed by atoms with Gasteiger partial charge in [-0.2, -0.15) is 0 Å². The van der Waals surface area contributed by atoms with Crippen molar-refractivity contribution in [2.45, 2.75) is 18.9 Å². The van der Waals surface area contributed by atoms with Crippen LogP contribution in [0.3, 0.4) is 0 Å². The van der Waals surface area contributed by atoms with Crippen molar-refractivity contribution >= 4 is 11.9 Å². The maximum atomic E-state index is 13.1. The number of hydrogen-bond donors (Lipinski definition) is 1. The van der Waals surface area contributed by atoms with Gasteiger partial charge in [0.05, 0.1) is 0 Å². The number of nitrogens with one attached hydrogen (secondary N) is 1. The molecule has 0 saturated carbocycles. The van der Waals surface area contributed by atoms with Gasteiger partial charge in [-0.25, -0.2) is 9.18 Å². The third-order valence-corrected chi connectivity index (χ3v) is 4.07. The van der Waals surface area contributed by atoms with E-state index in [1.165, 1.54) is 29.2 Å². The molecule has 1 atom stereocenters. The summed E-state index contributed by atoms with van der Waals surface area (Å²) < 4.78 is 13.1. The number of benzene rings is 1. The Balaban J connectivity index is 1.78. The van der Waals surface area contributed by atoms with Crippen LogP contribution in [0, 0.1) is 5.82 Å². The summed E-state index contributed by atoms with van der Waals surface area (Å²) >= 11 is 0. The molecule has 1 fully saturated rings. The molecular formula is C17H16FN3O2. The number of urea groups is 1. The molecule has 0 radical (unpaired) electrons. The molecule has 0 aliphatic carbocycles. The molecule has 118 valence electrons. The summed E-state index contributed by atoms with van der Waals surface area (Å²) in [4.78, 5) is 30.0. The monoisotopic (exact) mass is 313 g/mol. The SMILES string of the molecule is CC1(c2ccc(F)cc2)NC(=O)N(CCc2ccncc2)C1=O. The summed E-state index contributed by atoms with van der Waals surface area (Å²) in [5.41, 5.74) is 0.392. The Hall–Kier alpha value is -2.76. The lowest BCUT2D eigenvalue weighted by Crippen LogP contribution is -2.41. The van der Waals surface area contributed by atoms with Crippen LogP contribution in [0.25, 0.3) is 0 Å². The maximum Gasteiger partial charge on any atom is 0.325 e. The molecule has 3 rings (SSSR count). The van der Waals surface area contributed by atoms with E-state index in [9.17, 15) is 14.0 Å². The Labute approximate surface area is 133 Å².